The van der Waals surface area contributed by atoms with Gasteiger partial charge in [-0.2, -0.15) is 0 Å². The number of piperidine rings is 1. The lowest BCUT2D eigenvalue weighted by atomic mass is 10.0. The lowest BCUT2D eigenvalue weighted by Crippen LogP contribution is -2.36. The molecule has 0 spiro atoms. The highest BCUT2D eigenvalue weighted by molar-refractivity contribution is 4.96. The number of nitrogens with zero attached hydrogens (tertiary/aromatic N) is 1. The summed E-state index contributed by atoms with van der Waals surface area (Å²) < 4.78 is 0. The molecule has 2 bridgehead atoms. The van der Waals surface area contributed by atoms with Gasteiger partial charge in [0.1, 0.15) is 0 Å². The minimum absolute atomic E-state index is 0.906. The molecule has 2 heterocycles. The Morgan fingerprint density at radius 3 is 2.22 bits per heavy atom. The third-order valence-electron chi connectivity index (χ3n) is 2.86. The van der Waals surface area contributed by atoms with E-state index in [1.54, 1.807) is 0 Å². The van der Waals surface area contributed by atoms with E-state index >= 15 is 0 Å². The molecule has 0 aliphatic carbocycles. The molecule has 2 saturated heterocycles. The van der Waals surface area contributed by atoms with Crippen molar-refractivity contribution in [2.24, 2.45) is 0 Å². The van der Waals surface area contributed by atoms with Crippen molar-refractivity contribution in [3.63, 3.8) is 0 Å². The fourth-order valence-electron chi connectivity index (χ4n) is 2.14. The van der Waals surface area contributed by atoms with Crippen LogP contribution in [0.3, 0.4) is 0 Å². The summed E-state index contributed by atoms with van der Waals surface area (Å²) in [5.41, 5.74) is 0. The van der Waals surface area contributed by atoms with Gasteiger partial charge in [-0.1, -0.05) is 0 Å². The van der Waals surface area contributed by atoms with Crippen molar-refractivity contribution in [3.05, 3.63) is 6.42 Å². The zero-order valence-corrected chi connectivity index (χ0v) is 6.01. The standard InChI is InChI=1S/C8H14N/c1-9-7-3-2-4-8(9)6-5-7/h2,7-8H,3-6H2,1H3/t7-,8?/m1/s1. The molecule has 2 aliphatic heterocycles. The first-order valence-corrected chi connectivity index (χ1v) is 3.91. The predicted molar refractivity (Wildman–Crippen MR) is 38.1 cm³/mol. The average molecular weight is 124 g/mol. The Labute approximate surface area is 57.0 Å². The Bertz CT molecular complexity index is 95.1. The zero-order chi connectivity index (χ0) is 6.27. The summed E-state index contributed by atoms with van der Waals surface area (Å²) in [5.74, 6) is 0. The van der Waals surface area contributed by atoms with Gasteiger partial charge in [-0.3, -0.25) is 0 Å². The predicted octanol–water partition coefficient (Wildman–Crippen LogP) is 1.45. The Balaban J connectivity index is 2.10. The smallest absolute Gasteiger partial charge is 0.00984 e. The van der Waals surface area contributed by atoms with Crippen molar-refractivity contribution in [1.82, 2.24) is 4.90 Å². The van der Waals surface area contributed by atoms with Crippen molar-refractivity contribution >= 4 is 0 Å². The summed E-state index contributed by atoms with van der Waals surface area (Å²) in [6, 6.07) is 1.81. The van der Waals surface area contributed by atoms with Crippen LogP contribution in [0.5, 0.6) is 0 Å². The fourth-order valence-corrected chi connectivity index (χ4v) is 2.14. The molecule has 2 rings (SSSR count). The molecule has 0 amide bonds. The summed E-state index contributed by atoms with van der Waals surface area (Å²) in [7, 11) is 2.27. The van der Waals surface area contributed by atoms with E-state index in [0.717, 1.165) is 12.1 Å². The quantitative estimate of drug-likeness (QED) is 0.472. The molecule has 1 unspecified atom stereocenters. The molecule has 2 atom stereocenters. The van der Waals surface area contributed by atoms with Crippen LogP contribution in [0.25, 0.3) is 0 Å². The van der Waals surface area contributed by atoms with Crippen molar-refractivity contribution in [2.75, 3.05) is 7.05 Å². The maximum atomic E-state index is 2.56. The van der Waals surface area contributed by atoms with Gasteiger partial charge in [0.05, 0.1) is 0 Å². The minimum Gasteiger partial charge on any atom is -0.300 e. The van der Waals surface area contributed by atoms with Crippen LogP contribution in [0, 0.1) is 6.42 Å². The lowest BCUT2D eigenvalue weighted by Gasteiger charge is -2.30. The van der Waals surface area contributed by atoms with Crippen LogP contribution in [0.15, 0.2) is 0 Å². The van der Waals surface area contributed by atoms with Gasteiger partial charge in [0.25, 0.3) is 0 Å². The molecule has 1 radical (unpaired) electrons. The molecule has 0 aromatic rings. The van der Waals surface area contributed by atoms with Crippen LogP contribution >= 0.6 is 0 Å². The molecule has 1 heteroatoms. The average Bonchev–Trinajstić information content (AvgIpc) is 2.19. The van der Waals surface area contributed by atoms with Crippen LogP contribution in [-0.2, 0) is 0 Å². The van der Waals surface area contributed by atoms with Crippen molar-refractivity contribution in [3.8, 4) is 0 Å². The largest absolute Gasteiger partial charge is 0.300 e. The molecule has 2 aliphatic rings. The van der Waals surface area contributed by atoms with E-state index in [2.05, 4.69) is 18.4 Å². The highest BCUT2D eigenvalue weighted by Crippen LogP contribution is 2.32. The van der Waals surface area contributed by atoms with Gasteiger partial charge >= 0.3 is 0 Å². The van der Waals surface area contributed by atoms with Crippen molar-refractivity contribution in [2.45, 2.75) is 37.8 Å². The number of fused-ring (bicyclic) bond motifs is 2. The zero-order valence-electron chi connectivity index (χ0n) is 6.01. The van der Waals surface area contributed by atoms with Crippen LogP contribution in [0.1, 0.15) is 25.7 Å². The molecule has 1 nitrogen and oxygen atoms in total. The van der Waals surface area contributed by atoms with E-state index in [9.17, 15) is 0 Å². The van der Waals surface area contributed by atoms with Gasteiger partial charge in [0.15, 0.2) is 0 Å². The number of hydrogen-bond acceptors (Lipinski definition) is 1. The van der Waals surface area contributed by atoms with E-state index in [1.807, 2.05) is 0 Å². The normalized spacial score (nSPS) is 43.7. The van der Waals surface area contributed by atoms with Crippen molar-refractivity contribution < 1.29 is 0 Å². The van der Waals surface area contributed by atoms with Crippen molar-refractivity contribution in [1.29, 1.82) is 0 Å². The van der Waals surface area contributed by atoms with Crippen LogP contribution in [-0.4, -0.2) is 24.0 Å². The van der Waals surface area contributed by atoms with Gasteiger partial charge in [-0.05, 0) is 39.2 Å². The molecule has 0 N–H and O–H groups in total. The van der Waals surface area contributed by atoms with Crippen LogP contribution < -0.4 is 0 Å². The SMILES string of the molecule is CN1C2C[CH]C[C@@H]1CC2. The Morgan fingerprint density at radius 2 is 1.78 bits per heavy atom. The summed E-state index contributed by atoms with van der Waals surface area (Å²) in [5, 5.41) is 0. The third-order valence-corrected chi connectivity index (χ3v) is 2.86. The number of hydrogen-bond donors (Lipinski definition) is 0. The summed E-state index contributed by atoms with van der Waals surface area (Å²) in [4.78, 5) is 2.56. The maximum Gasteiger partial charge on any atom is 0.00984 e. The first-order valence-electron chi connectivity index (χ1n) is 3.91. The second-order valence-electron chi connectivity index (χ2n) is 3.31. The number of rotatable bonds is 0. The monoisotopic (exact) mass is 124 g/mol. The van der Waals surface area contributed by atoms with E-state index in [0.29, 0.717) is 0 Å². The topological polar surface area (TPSA) is 3.24 Å². The lowest BCUT2D eigenvalue weighted by molar-refractivity contribution is 0.207. The second-order valence-corrected chi connectivity index (χ2v) is 3.31. The molecular formula is C8H14N. The minimum atomic E-state index is 0.906. The molecule has 9 heavy (non-hydrogen) atoms. The second kappa shape index (κ2) is 1.98. The Kier molecular flexibility index (Phi) is 1.26. The summed E-state index contributed by atoms with van der Waals surface area (Å²) >= 11 is 0. The van der Waals surface area contributed by atoms with Crippen LogP contribution in [0.4, 0.5) is 0 Å². The van der Waals surface area contributed by atoms with E-state index < -0.39 is 0 Å². The van der Waals surface area contributed by atoms with Gasteiger partial charge < -0.3 is 4.90 Å². The highest BCUT2D eigenvalue weighted by Gasteiger charge is 2.33. The van der Waals surface area contributed by atoms with E-state index in [-0.39, 0.29) is 0 Å². The molecular weight excluding hydrogens is 110 g/mol. The summed E-state index contributed by atoms with van der Waals surface area (Å²) in [6.07, 6.45) is 8.03. The molecule has 0 aromatic carbocycles. The molecule has 2 fully saturated rings. The molecule has 51 valence electrons. The van der Waals surface area contributed by atoms with Gasteiger partial charge in [-0.15, -0.1) is 0 Å². The Morgan fingerprint density at radius 1 is 1.22 bits per heavy atom. The third kappa shape index (κ3) is 0.787. The molecule has 0 saturated carbocycles. The fraction of sp³-hybridized carbons (Fsp3) is 0.875. The highest BCUT2D eigenvalue weighted by atomic mass is 15.2. The summed E-state index contributed by atoms with van der Waals surface area (Å²) in [6.45, 7) is 0. The first kappa shape index (κ1) is 5.72. The van der Waals surface area contributed by atoms with E-state index in [1.165, 1.54) is 25.7 Å². The maximum absolute atomic E-state index is 2.56. The van der Waals surface area contributed by atoms with E-state index in [4.69, 9.17) is 0 Å². The van der Waals surface area contributed by atoms with Gasteiger partial charge in [0, 0.05) is 12.1 Å². The van der Waals surface area contributed by atoms with Gasteiger partial charge in [0.2, 0.25) is 0 Å². The van der Waals surface area contributed by atoms with Crippen LogP contribution in [0.2, 0.25) is 0 Å². The molecule has 0 aromatic heterocycles. The Hall–Kier alpha value is -0.0400. The van der Waals surface area contributed by atoms with Gasteiger partial charge in [-0.25, -0.2) is 0 Å². The first-order chi connectivity index (χ1) is 4.38.